The number of hydrogen-bond acceptors (Lipinski definition) is 3. The van der Waals surface area contributed by atoms with Gasteiger partial charge in [0.05, 0.1) is 5.69 Å². The van der Waals surface area contributed by atoms with Gasteiger partial charge in [-0.05, 0) is 62.4 Å². The van der Waals surface area contributed by atoms with Gasteiger partial charge in [-0.2, -0.15) is 5.10 Å². The maximum absolute atomic E-state index is 13.0. The van der Waals surface area contributed by atoms with Gasteiger partial charge in [-0.25, -0.2) is 0 Å². The molecular formula is C21H30N4O. The van der Waals surface area contributed by atoms with Crippen molar-refractivity contribution >= 4 is 11.6 Å². The van der Waals surface area contributed by atoms with Crippen molar-refractivity contribution in [2.24, 2.45) is 7.05 Å². The number of likely N-dealkylation sites (tertiary alicyclic amines) is 1. The Kier molecular flexibility index (Phi) is 5.64. The Morgan fingerprint density at radius 1 is 1.27 bits per heavy atom. The van der Waals surface area contributed by atoms with Gasteiger partial charge in [0.25, 0.3) is 5.91 Å². The summed E-state index contributed by atoms with van der Waals surface area (Å²) in [5.41, 5.74) is 5.42. The molecule has 140 valence electrons. The molecule has 1 aromatic carbocycles. The molecule has 5 heteroatoms. The van der Waals surface area contributed by atoms with Crippen molar-refractivity contribution in [1.29, 1.82) is 0 Å². The lowest BCUT2D eigenvalue weighted by Gasteiger charge is -2.33. The van der Waals surface area contributed by atoms with E-state index in [9.17, 15) is 4.79 Å². The fourth-order valence-electron chi connectivity index (χ4n) is 3.61. The summed E-state index contributed by atoms with van der Waals surface area (Å²) in [6.07, 6.45) is 4.06. The largest absolute Gasteiger partial charge is 0.381 e. The Labute approximate surface area is 156 Å². The number of nitrogens with one attached hydrogen (secondary N) is 1. The zero-order valence-corrected chi connectivity index (χ0v) is 16.4. The maximum Gasteiger partial charge on any atom is 0.272 e. The lowest BCUT2D eigenvalue weighted by molar-refractivity contribution is 0.0703. The fraction of sp³-hybridized carbons (Fsp3) is 0.524. The van der Waals surface area contributed by atoms with E-state index in [0.717, 1.165) is 50.2 Å². The van der Waals surface area contributed by atoms with Gasteiger partial charge < -0.3 is 10.2 Å². The van der Waals surface area contributed by atoms with Gasteiger partial charge in [-0.15, -0.1) is 0 Å². The number of hydrogen-bond donors (Lipinski definition) is 1. The van der Waals surface area contributed by atoms with E-state index in [0.29, 0.717) is 5.69 Å². The molecule has 2 heterocycles. The normalized spacial score (nSPS) is 17.4. The second-order valence-electron chi connectivity index (χ2n) is 7.43. The van der Waals surface area contributed by atoms with Gasteiger partial charge in [-0.1, -0.05) is 19.4 Å². The van der Waals surface area contributed by atoms with Crippen molar-refractivity contribution in [3.63, 3.8) is 0 Å². The number of carbonyl (C=O) groups excluding carboxylic acids is 1. The standard InChI is InChI=1S/C21H30N4O/c1-5-7-18-13-20(24(4)23-18)21(26)25-11-6-8-19(14-25)22-17-10-9-15(2)16(3)12-17/h9-10,12-13,19,22H,5-8,11,14H2,1-4H3/t19-/m0/s1. The predicted molar refractivity (Wildman–Crippen MR) is 106 cm³/mol. The molecule has 1 aliphatic rings. The van der Waals surface area contributed by atoms with Crippen LogP contribution < -0.4 is 5.32 Å². The second-order valence-corrected chi connectivity index (χ2v) is 7.43. The van der Waals surface area contributed by atoms with Crippen molar-refractivity contribution in [3.05, 3.63) is 46.8 Å². The van der Waals surface area contributed by atoms with Gasteiger partial charge in [0, 0.05) is 31.9 Å². The number of rotatable bonds is 5. The summed E-state index contributed by atoms with van der Waals surface area (Å²) >= 11 is 0. The number of anilines is 1. The second kappa shape index (κ2) is 7.94. The average molecular weight is 354 g/mol. The number of carbonyl (C=O) groups is 1. The Bertz CT molecular complexity index is 780. The molecule has 0 aliphatic carbocycles. The lowest BCUT2D eigenvalue weighted by atomic mass is 10.0. The molecule has 1 amide bonds. The monoisotopic (exact) mass is 354 g/mol. The van der Waals surface area contributed by atoms with Gasteiger partial charge in [-0.3, -0.25) is 9.48 Å². The molecule has 0 bridgehead atoms. The SMILES string of the molecule is CCCc1cc(C(=O)N2CCC[C@H](Nc3ccc(C)c(C)c3)C2)n(C)n1. The number of piperidine rings is 1. The zero-order valence-electron chi connectivity index (χ0n) is 16.4. The maximum atomic E-state index is 13.0. The minimum absolute atomic E-state index is 0.0916. The Morgan fingerprint density at radius 3 is 2.81 bits per heavy atom. The van der Waals surface area contributed by atoms with Gasteiger partial charge >= 0.3 is 0 Å². The molecule has 0 spiro atoms. The van der Waals surface area contributed by atoms with E-state index in [-0.39, 0.29) is 11.9 Å². The third-order valence-electron chi connectivity index (χ3n) is 5.24. The fourth-order valence-corrected chi connectivity index (χ4v) is 3.61. The third kappa shape index (κ3) is 4.09. The minimum atomic E-state index is 0.0916. The van der Waals surface area contributed by atoms with Crippen LogP contribution in [0.15, 0.2) is 24.3 Å². The summed E-state index contributed by atoms with van der Waals surface area (Å²) in [5, 5.41) is 8.08. The quantitative estimate of drug-likeness (QED) is 0.890. The first-order valence-corrected chi connectivity index (χ1v) is 9.64. The van der Waals surface area contributed by atoms with E-state index in [4.69, 9.17) is 0 Å². The number of nitrogens with zero attached hydrogens (tertiary/aromatic N) is 3. The summed E-state index contributed by atoms with van der Waals surface area (Å²) in [4.78, 5) is 14.9. The molecule has 0 radical (unpaired) electrons. The smallest absolute Gasteiger partial charge is 0.272 e. The van der Waals surface area contributed by atoms with E-state index in [1.165, 1.54) is 11.1 Å². The van der Waals surface area contributed by atoms with Crippen molar-refractivity contribution in [3.8, 4) is 0 Å². The van der Waals surface area contributed by atoms with Crippen molar-refractivity contribution in [1.82, 2.24) is 14.7 Å². The molecule has 2 aromatic rings. The molecule has 1 fully saturated rings. The van der Waals surface area contributed by atoms with Crippen LogP contribution in [0.2, 0.25) is 0 Å². The molecule has 26 heavy (non-hydrogen) atoms. The summed E-state index contributed by atoms with van der Waals surface area (Å²) in [5.74, 6) is 0.0916. The Balaban J connectivity index is 1.67. The first-order chi connectivity index (χ1) is 12.5. The van der Waals surface area contributed by atoms with Crippen LogP contribution in [0, 0.1) is 13.8 Å². The van der Waals surface area contributed by atoms with Crippen LogP contribution in [-0.2, 0) is 13.5 Å². The van der Waals surface area contributed by atoms with Crippen LogP contribution >= 0.6 is 0 Å². The molecular weight excluding hydrogens is 324 g/mol. The van der Waals surface area contributed by atoms with E-state index >= 15 is 0 Å². The van der Waals surface area contributed by atoms with E-state index in [1.807, 2.05) is 18.0 Å². The molecule has 0 saturated carbocycles. The van der Waals surface area contributed by atoms with Crippen LogP contribution in [0.4, 0.5) is 5.69 Å². The molecule has 5 nitrogen and oxygen atoms in total. The first kappa shape index (κ1) is 18.5. The highest BCUT2D eigenvalue weighted by molar-refractivity contribution is 5.92. The number of amides is 1. The highest BCUT2D eigenvalue weighted by Gasteiger charge is 2.26. The molecule has 1 atom stereocenters. The average Bonchev–Trinajstić information content (AvgIpc) is 2.98. The van der Waals surface area contributed by atoms with E-state index < -0.39 is 0 Å². The first-order valence-electron chi connectivity index (χ1n) is 9.64. The van der Waals surface area contributed by atoms with Crippen LogP contribution in [0.5, 0.6) is 0 Å². The molecule has 1 saturated heterocycles. The Morgan fingerprint density at radius 2 is 2.08 bits per heavy atom. The van der Waals surface area contributed by atoms with Crippen LogP contribution in [0.3, 0.4) is 0 Å². The topological polar surface area (TPSA) is 50.2 Å². The van der Waals surface area contributed by atoms with Crippen LogP contribution in [-0.4, -0.2) is 39.7 Å². The number of benzene rings is 1. The zero-order chi connectivity index (χ0) is 18.7. The van der Waals surface area contributed by atoms with Crippen LogP contribution in [0.25, 0.3) is 0 Å². The van der Waals surface area contributed by atoms with E-state index in [1.54, 1.807) is 4.68 Å². The highest BCUT2D eigenvalue weighted by Crippen LogP contribution is 2.20. The molecule has 1 aliphatic heterocycles. The van der Waals surface area contributed by atoms with Gasteiger partial charge in [0.1, 0.15) is 5.69 Å². The Hall–Kier alpha value is -2.30. The predicted octanol–water partition coefficient (Wildman–Crippen LogP) is 3.71. The molecule has 1 N–H and O–H groups in total. The number of aryl methyl sites for hydroxylation is 4. The number of aromatic nitrogens is 2. The van der Waals surface area contributed by atoms with Crippen molar-refractivity contribution in [2.75, 3.05) is 18.4 Å². The van der Waals surface area contributed by atoms with Gasteiger partial charge in [0.2, 0.25) is 0 Å². The summed E-state index contributed by atoms with van der Waals surface area (Å²) < 4.78 is 1.73. The molecule has 0 unspecified atom stereocenters. The highest BCUT2D eigenvalue weighted by atomic mass is 16.2. The van der Waals surface area contributed by atoms with E-state index in [2.05, 4.69) is 49.4 Å². The summed E-state index contributed by atoms with van der Waals surface area (Å²) in [6.45, 7) is 7.94. The van der Waals surface area contributed by atoms with Crippen LogP contribution in [0.1, 0.15) is 53.5 Å². The third-order valence-corrected chi connectivity index (χ3v) is 5.24. The molecule has 3 rings (SSSR count). The lowest BCUT2D eigenvalue weighted by Crippen LogP contribution is -2.45. The summed E-state index contributed by atoms with van der Waals surface area (Å²) in [6, 6.07) is 8.70. The minimum Gasteiger partial charge on any atom is -0.381 e. The van der Waals surface area contributed by atoms with Crippen molar-refractivity contribution < 1.29 is 4.79 Å². The molecule has 1 aromatic heterocycles. The van der Waals surface area contributed by atoms with Gasteiger partial charge in [0.15, 0.2) is 0 Å². The summed E-state index contributed by atoms with van der Waals surface area (Å²) in [7, 11) is 1.86. The van der Waals surface area contributed by atoms with Crippen molar-refractivity contribution in [2.45, 2.75) is 52.5 Å².